The lowest BCUT2D eigenvalue weighted by Gasteiger charge is -2.35. The van der Waals surface area contributed by atoms with Crippen LogP contribution in [0.25, 0.3) is 0 Å². The zero-order chi connectivity index (χ0) is 19.5. The molecule has 1 aromatic rings. The number of aryl methyl sites for hydroxylation is 1. The lowest BCUT2D eigenvalue weighted by atomic mass is 9.86. The van der Waals surface area contributed by atoms with Crippen LogP contribution < -0.4 is 0 Å². The van der Waals surface area contributed by atoms with Gasteiger partial charge in [-0.05, 0) is 47.5 Å². The average molecular weight is 365 g/mol. The highest BCUT2D eigenvalue weighted by atomic mass is 16.6. The predicted molar refractivity (Wildman–Crippen MR) is 98.0 cm³/mol. The molecule has 2 rings (SSSR count). The summed E-state index contributed by atoms with van der Waals surface area (Å²) in [5.74, 6) is 0.834. The molecule has 0 aromatic carbocycles. The normalized spacial score (nSPS) is 18.5. The third-order valence-corrected chi connectivity index (χ3v) is 4.48. The average Bonchev–Trinajstić information content (AvgIpc) is 2.53. The number of carbonyl (C=O) groups is 1. The number of ether oxygens (including phenoxy) is 2. The maximum atomic E-state index is 12.2. The van der Waals surface area contributed by atoms with Gasteiger partial charge in [0.15, 0.2) is 0 Å². The van der Waals surface area contributed by atoms with E-state index in [1.165, 1.54) is 0 Å². The van der Waals surface area contributed by atoms with Crippen molar-refractivity contribution < 1.29 is 19.4 Å². The minimum atomic E-state index is -1.15. The van der Waals surface area contributed by atoms with Crippen molar-refractivity contribution in [3.8, 4) is 0 Å². The molecule has 26 heavy (non-hydrogen) atoms. The zero-order valence-electron chi connectivity index (χ0n) is 16.7. The fourth-order valence-electron chi connectivity index (χ4n) is 3.23. The van der Waals surface area contributed by atoms with Crippen LogP contribution in [0, 0.1) is 6.92 Å². The maximum Gasteiger partial charge on any atom is 0.410 e. The Morgan fingerprint density at radius 3 is 2.46 bits per heavy atom. The van der Waals surface area contributed by atoms with E-state index in [1.807, 2.05) is 27.7 Å². The van der Waals surface area contributed by atoms with Crippen molar-refractivity contribution in [3.05, 3.63) is 23.3 Å². The molecule has 0 radical (unpaired) electrons. The van der Waals surface area contributed by atoms with Crippen molar-refractivity contribution in [1.29, 1.82) is 0 Å². The van der Waals surface area contributed by atoms with Gasteiger partial charge in [0.2, 0.25) is 0 Å². The minimum absolute atomic E-state index is 0.161. The van der Waals surface area contributed by atoms with Gasteiger partial charge in [0.05, 0.1) is 12.3 Å². The van der Waals surface area contributed by atoms with Crippen LogP contribution in [0.3, 0.4) is 0 Å². The first-order chi connectivity index (χ1) is 12.0. The Morgan fingerprint density at radius 1 is 1.31 bits per heavy atom. The maximum absolute atomic E-state index is 12.2. The van der Waals surface area contributed by atoms with Crippen LogP contribution in [0.1, 0.15) is 63.5 Å². The molecule has 7 heteroatoms. The molecule has 1 amide bonds. The quantitative estimate of drug-likeness (QED) is 0.883. The number of rotatable bonds is 4. The summed E-state index contributed by atoms with van der Waals surface area (Å²) in [6.07, 6.45) is 2.95. The van der Waals surface area contributed by atoms with Crippen LogP contribution >= 0.6 is 0 Å². The van der Waals surface area contributed by atoms with E-state index < -0.39 is 11.2 Å². The second kappa shape index (κ2) is 7.88. The topological polar surface area (TPSA) is 84.8 Å². The van der Waals surface area contributed by atoms with Crippen molar-refractivity contribution >= 4 is 6.09 Å². The number of likely N-dealkylation sites (tertiary alicyclic amines) is 1. The standard InChI is InChI=1S/C19H31N3O4/c1-13-20-11-15(19(5,24)12-25-6)16(21-13)14-7-9-22(10-8-14)17(23)26-18(2,3)4/h11,14,24H,7-10,12H2,1-6H3. The molecule has 0 aliphatic carbocycles. The van der Waals surface area contributed by atoms with Gasteiger partial charge in [-0.25, -0.2) is 14.8 Å². The third kappa shape index (κ3) is 5.14. The van der Waals surface area contributed by atoms with Gasteiger partial charge in [-0.2, -0.15) is 0 Å². The molecule has 2 heterocycles. The van der Waals surface area contributed by atoms with Gasteiger partial charge >= 0.3 is 6.09 Å². The summed E-state index contributed by atoms with van der Waals surface area (Å²) in [5, 5.41) is 10.8. The summed E-state index contributed by atoms with van der Waals surface area (Å²) in [4.78, 5) is 22.9. The van der Waals surface area contributed by atoms with E-state index in [4.69, 9.17) is 9.47 Å². The van der Waals surface area contributed by atoms with Crippen LogP contribution in [0.15, 0.2) is 6.20 Å². The SMILES string of the molecule is COCC(C)(O)c1cnc(C)nc1C1CCN(C(=O)OC(C)(C)C)CC1. The van der Waals surface area contributed by atoms with Crippen molar-refractivity contribution in [2.24, 2.45) is 0 Å². The Morgan fingerprint density at radius 2 is 1.92 bits per heavy atom. The zero-order valence-corrected chi connectivity index (χ0v) is 16.7. The van der Waals surface area contributed by atoms with E-state index in [0.29, 0.717) is 24.5 Å². The van der Waals surface area contributed by atoms with Crippen LogP contribution in [-0.2, 0) is 15.1 Å². The van der Waals surface area contributed by atoms with Gasteiger partial charge in [0.25, 0.3) is 0 Å². The molecule has 1 saturated heterocycles. The molecule has 7 nitrogen and oxygen atoms in total. The second-order valence-corrected chi connectivity index (χ2v) is 8.16. The molecule has 1 N–H and O–H groups in total. The summed E-state index contributed by atoms with van der Waals surface area (Å²) >= 11 is 0. The van der Waals surface area contributed by atoms with Gasteiger partial charge in [-0.3, -0.25) is 0 Å². The molecule has 1 aromatic heterocycles. The molecule has 0 spiro atoms. The Hall–Kier alpha value is -1.73. The highest BCUT2D eigenvalue weighted by Gasteiger charge is 2.34. The number of piperidine rings is 1. The molecule has 146 valence electrons. The Kier molecular flexibility index (Phi) is 6.24. The summed E-state index contributed by atoms with van der Waals surface area (Å²) in [5.41, 5.74) is -0.104. The summed E-state index contributed by atoms with van der Waals surface area (Å²) < 4.78 is 10.6. The third-order valence-electron chi connectivity index (χ3n) is 4.48. The predicted octanol–water partition coefficient (Wildman–Crippen LogP) is 2.75. The monoisotopic (exact) mass is 365 g/mol. The van der Waals surface area contributed by atoms with Gasteiger partial charge < -0.3 is 19.5 Å². The lowest BCUT2D eigenvalue weighted by molar-refractivity contribution is -0.0226. The molecule has 1 fully saturated rings. The smallest absolute Gasteiger partial charge is 0.410 e. The molecular formula is C19H31N3O4. The number of aliphatic hydroxyl groups is 1. The van der Waals surface area contributed by atoms with Crippen molar-refractivity contribution in [2.75, 3.05) is 26.8 Å². The molecule has 1 aliphatic heterocycles. The lowest BCUT2D eigenvalue weighted by Crippen LogP contribution is -2.42. The number of nitrogens with zero attached hydrogens (tertiary/aromatic N) is 3. The van der Waals surface area contributed by atoms with Crippen LogP contribution in [0.2, 0.25) is 0 Å². The van der Waals surface area contributed by atoms with Crippen molar-refractivity contribution in [2.45, 2.75) is 64.6 Å². The van der Waals surface area contributed by atoms with E-state index in [0.717, 1.165) is 18.5 Å². The van der Waals surface area contributed by atoms with Crippen molar-refractivity contribution in [1.82, 2.24) is 14.9 Å². The molecule has 0 bridgehead atoms. The van der Waals surface area contributed by atoms with Gasteiger partial charge in [0.1, 0.15) is 17.0 Å². The minimum Gasteiger partial charge on any atom is -0.444 e. The molecule has 1 aliphatic rings. The fourth-order valence-corrected chi connectivity index (χ4v) is 3.23. The number of methoxy groups -OCH3 is 1. The largest absolute Gasteiger partial charge is 0.444 e. The summed E-state index contributed by atoms with van der Waals surface area (Å²) in [6.45, 7) is 10.5. The molecular weight excluding hydrogens is 334 g/mol. The second-order valence-electron chi connectivity index (χ2n) is 8.16. The highest BCUT2D eigenvalue weighted by molar-refractivity contribution is 5.68. The first-order valence-electron chi connectivity index (χ1n) is 9.07. The van der Waals surface area contributed by atoms with E-state index >= 15 is 0 Å². The number of aromatic nitrogens is 2. The van der Waals surface area contributed by atoms with Crippen molar-refractivity contribution in [3.63, 3.8) is 0 Å². The molecule has 0 saturated carbocycles. The summed E-state index contributed by atoms with van der Waals surface area (Å²) in [6, 6.07) is 0. The Labute approximate surface area is 155 Å². The first-order valence-corrected chi connectivity index (χ1v) is 9.07. The Balaban J connectivity index is 2.14. The molecule has 1 atom stereocenters. The number of hydrogen-bond acceptors (Lipinski definition) is 6. The van der Waals surface area contributed by atoms with Gasteiger partial charge in [-0.1, -0.05) is 0 Å². The van der Waals surface area contributed by atoms with Crippen LogP contribution in [0.4, 0.5) is 4.79 Å². The number of carbonyl (C=O) groups excluding carboxylic acids is 1. The highest BCUT2D eigenvalue weighted by Crippen LogP contribution is 2.34. The van der Waals surface area contributed by atoms with E-state index in [2.05, 4.69) is 9.97 Å². The van der Waals surface area contributed by atoms with Crippen LogP contribution in [0.5, 0.6) is 0 Å². The number of hydrogen-bond donors (Lipinski definition) is 1. The fraction of sp³-hybridized carbons (Fsp3) is 0.737. The number of amides is 1. The van der Waals surface area contributed by atoms with E-state index in [-0.39, 0.29) is 18.6 Å². The molecule has 1 unspecified atom stereocenters. The van der Waals surface area contributed by atoms with E-state index in [9.17, 15) is 9.90 Å². The van der Waals surface area contributed by atoms with E-state index in [1.54, 1.807) is 25.1 Å². The first kappa shape index (κ1) is 20.6. The van der Waals surface area contributed by atoms with Gasteiger partial charge in [-0.15, -0.1) is 0 Å². The Bertz CT molecular complexity index is 632. The summed E-state index contributed by atoms with van der Waals surface area (Å²) in [7, 11) is 1.56. The van der Waals surface area contributed by atoms with Crippen LogP contribution in [-0.4, -0.2) is 58.5 Å². The van der Waals surface area contributed by atoms with Gasteiger partial charge in [0, 0.05) is 37.9 Å².